The van der Waals surface area contributed by atoms with Gasteiger partial charge in [0.1, 0.15) is 0 Å². The Labute approximate surface area is 81.1 Å². The number of rotatable bonds is 1. The Bertz CT molecular complexity index is 277. The minimum absolute atomic E-state index is 0. The van der Waals surface area contributed by atoms with E-state index in [-0.39, 0.29) is 16.5 Å². The topological polar surface area (TPSA) is 31.9 Å². The van der Waals surface area contributed by atoms with Gasteiger partial charge in [0.2, 0.25) is 0 Å². The van der Waals surface area contributed by atoms with Crippen LogP contribution in [0.2, 0.25) is 0 Å². The Morgan fingerprint density at radius 1 is 1.42 bits per heavy atom. The SMILES string of the molecule is C1=CCN(c2cc[nH]n2)C=C1.[Ni]. The summed E-state index contributed by atoms with van der Waals surface area (Å²) < 4.78 is 0. The van der Waals surface area contributed by atoms with E-state index in [9.17, 15) is 0 Å². The second-order valence-electron chi connectivity index (χ2n) is 2.35. The number of nitrogens with zero attached hydrogens (tertiary/aromatic N) is 2. The molecule has 66 valence electrons. The molecule has 0 fully saturated rings. The Morgan fingerprint density at radius 2 is 2.33 bits per heavy atom. The first-order valence-corrected chi connectivity index (χ1v) is 3.56. The molecule has 2 heterocycles. The second kappa shape index (κ2) is 4.12. The van der Waals surface area contributed by atoms with E-state index in [1.165, 1.54) is 0 Å². The van der Waals surface area contributed by atoms with Gasteiger partial charge in [0.05, 0.1) is 0 Å². The van der Waals surface area contributed by atoms with Crippen molar-refractivity contribution in [2.24, 2.45) is 0 Å². The molecule has 1 aliphatic rings. The standard InChI is InChI=1S/C8H9N3.Ni/c1-2-6-11(7-3-1)8-4-5-9-10-8;/h1-6H,7H2,(H,9,10);. The number of allylic oxidation sites excluding steroid dienone is 2. The van der Waals surface area contributed by atoms with Gasteiger partial charge in [0.25, 0.3) is 0 Å². The molecule has 0 radical (unpaired) electrons. The molecule has 0 saturated carbocycles. The van der Waals surface area contributed by atoms with Gasteiger partial charge in [-0.15, -0.1) is 0 Å². The predicted octanol–water partition coefficient (Wildman–Crippen LogP) is 1.30. The number of nitrogens with one attached hydrogen (secondary N) is 1. The van der Waals surface area contributed by atoms with Crippen molar-refractivity contribution < 1.29 is 16.5 Å². The van der Waals surface area contributed by atoms with E-state index in [2.05, 4.69) is 21.2 Å². The van der Waals surface area contributed by atoms with Gasteiger partial charge in [-0.3, -0.25) is 5.10 Å². The van der Waals surface area contributed by atoms with Crippen molar-refractivity contribution in [2.45, 2.75) is 0 Å². The van der Waals surface area contributed by atoms with Crippen LogP contribution < -0.4 is 4.90 Å². The van der Waals surface area contributed by atoms with Gasteiger partial charge in [0, 0.05) is 41.5 Å². The predicted molar refractivity (Wildman–Crippen MR) is 44.2 cm³/mol. The summed E-state index contributed by atoms with van der Waals surface area (Å²) >= 11 is 0. The average Bonchev–Trinajstić information content (AvgIpc) is 2.58. The quantitative estimate of drug-likeness (QED) is 0.702. The monoisotopic (exact) mass is 205 g/mol. The largest absolute Gasteiger partial charge is 0.328 e. The van der Waals surface area contributed by atoms with Gasteiger partial charge in [0.15, 0.2) is 5.82 Å². The fourth-order valence-electron chi connectivity index (χ4n) is 1.05. The molecule has 0 amide bonds. The fourth-order valence-corrected chi connectivity index (χ4v) is 1.05. The molecule has 1 aliphatic heterocycles. The molecule has 0 unspecified atom stereocenters. The second-order valence-corrected chi connectivity index (χ2v) is 2.35. The van der Waals surface area contributed by atoms with Gasteiger partial charge in [-0.2, -0.15) is 5.10 Å². The summed E-state index contributed by atoms with van der Waals surface area (Å²) in [7, 11) is 0. The fraction of sp³-hybridized carbons (Fsp3) is 0.125. The first kappa shape index (κ1) is 9.07. The van der Waals surface area contributed by atoms with Gasteiger partial charge >= 0.3 is 0 Å². The summed E-state index contributed by atoms with van der Waals surface area (Å²) in [5.41, 5.74) is 0. The van der Waals surface area contributed by atoms with Crippen LogP contribution in [0.5, 0.6) is 0 Å². The van der Waals surface area contributed by atoms with Crippen molar-refractivity contribution >= 4 is 5.82 Å². The van der Waals surface area contributed by atoms with Crippen molar-refractivity contribution in [1.29, 1.82) is 0 Å². The Kier molecular flexibility index (Phi) is 3.12. The summed E-state index contributed by atoms with van der Waals surface area (Å²) in [5.74, 6) is 0.964. The maximum absolute atomic E-state index is 4.06. The summed E-state index contributed by atoms with van der Waals surface area (Å²) in [6.07, 6.45) is 9.95. The molecule has 1 N–H and O–H groups in total. The van der Waals surface area contributed by atoms with E-state index >= 15 is 0 Å². The molecular weight excluding hydrogens is 197 g/mol. The van der Waals surface area contributed by atoms with Crippen LogP contribution in [0.1, 0.15) is 0 Å². The summed E-state index contributed by atoms with van der Waals surface area (Å²) in [4.78, 5) is 2.07. The van der Waals surface area contributed by atoms with E-state index < -0.39 is 0 Å². The van der Waals surface area contributed by atoms with Gasteiger partial charge in [-0.05, 0) is 6.08 Å². The van der Waals surface area contributed by atoms with Crippen LogP contribution in [0.3, 0.4) is 0 Å². The summed E-state index contributed by atoms with van der Waals surface area (Å²) in [6, 6.07) is 1.95. The van der Waals surface area contributed by atoms with Crippen molar-refractivity contribution in [1.82, 2.24) is 10.2 Å². The average molecular weight is 206 g/mol. The van der Waals surface area contributed by atoms with Gasteiger partial charge < -0.3 is 4.90 Å². The third-order valence-corrected chi connectivity index (χ3v) is 1.60. The third-order valence-electron chi connectivity index (χ3n) is 1.60. The summed E-state index contributed by atoms with van der Waals surface area (Å²) in [6.45, 7) is 0.904. The minimum atomic E-state index is 0. The number of anilines is 1. The van der Waals surface area contributed by atoms with E-state index in [4.69, 9.17) is 0 Å². The molecule has 12 heavy (non-hydrogen) atoms. The Balaban J connectivity index is 0.000000720. The Morgan fingerprint density at radius 3 is 2.92 bits per heavy atom. The van der Waals surface area contributed by atoms with Crippen molar-refractivity contribution in [3.63, 3.8) is 0 Å². The van der Waals surface area contributed by atoms with Crippen LogP contribution in [0, 0.1) is 0 Å². The normalized spacial score (nSPS) is 14.5. The molecule has 1 aromatic heterocycles. The zero-order valence-electron chi connectivity index (χ0n) is 6.38. The molecule has 4 heteroatoms. The number of hydrogen-bond acceptors (Lipinski definition) is 2. The first-order valence-electron chi connectivity index (χ1n) is 3.56. The van der Waals surface area contributed by atoms with E-state index in [1.54, 1.807) is 0 Å². The molecule has 0 spiro atoms. The molecule has 3 nitrogen and oxygen atoms in total. The van der Waals surface area contributed by atoms with Crippen LogP contribution in [-0.2, 0) is 16.5 Å². The van der Waals surface area contributed by atoms with Crippen molar-refractivity contribution in [3.8, 4) is 0 Å². The van der Waals surface area contributed by atoms with Crippen LogP contribution in [0.15, 0.2) is 36.7 Å². The van der Waals surface area contributed by atoms with Crippen LogP contribution in [0.25, 0.3) is 0 Å². The molecule has 1 aromatic rings. The zero-order valence-corrected chi connectivity index (χ0v) is 7.37. The van der Waals surface area contributed by atoms with Crippen molar-refractivity contribution in [2.75, 3.05) is 11.4 Å². The van der Waals surface area contributed by atoms with Crippen LogP contribution >= 0.6 is 0 Å². The molecule has 0 aliphatic carbocycles. The third kappa shape index (κ3) is 1.77. The van der Waals surface area contributed by atoms with E-state index in [0.717, 1.165) is 12.4 Å². The molecule has 0 atom stereocenters. The number of aromatic nitrogens is 2. The van der Waals surface area contributed by atoms with E-state index in [0.29, 0.717) is 0 Å². The van der Waals surface area contributed by atoms with E-state index in [1.807, 2.05) is 30.6 Å². The molecule has 2 rings (SSSR count). The zero-order chi connectivity index (χ0) is 7.52. The van der Waals surface area contributed by atoms with Crippen molar-refractivity contribution in [3.05, 3.63) is 36.7 Å². The van der Waals surface area contributed by atoms with Crippen LogP contribution in [-0.4, -0.2) is 16.7 Å². The molecule has 0 bridgehead atoms. The molecular formula is C8H9N3Ni. The first-order chi connectivity index (χ1) is 5.47. The van der Waals surface area contributed by atoms with Gasteiger partial charge in [-0.25, -0.2) is 0 Å². The Hall–Kier alpha value is -1.02. The maximum atomic E-state index is 4.06. The number of hydrogen-bond donors (Lipinski definition) is 1. The summed E-state index contributed by atoms with van der Waals surface area (Å²) in [5, 5.41) is 6.83. The number of aromatic amines is 1. The smallest absolute Gasteiger partial charge is 0.154 e. The molecule has 0 aromatic carbocycles. The van der Waals surface area contributed by atoms with Gasteiger partial charge in [-0.1, -0.05) is 12.2 Å². The van der Waals surface area contributed by atoms with Crippen LogP contribution in [0.4, 0.5) is 5.82 Å². The molecule has 0 saturated heterocycles. The number of H-pyrrole nitrogens is 1. The minimum Gasteiger partial charge on any atom is -0.328 e. The maximum Gasteiger partial charge on any atom is 0.154 e.